The first kappa shape index (κ1) is 13.8. The van der Waals surface area contributed by atoms with Crippen molar-refractivity contribution in [3.63, 3.8) is 0 Å². The highest BCUT2D eigenvalue weighted by molar-refractivity contribution is 8.01. The van der Waals surface area contributed by atoms with Gasteiger partial charge in [-0.25, -0.2) is 4.98 Å². The summed E-state index contributed by atoms with van der Waals surface area (Å²) in [6, 6.07) is 0.150. The van der Waals surface area contributed by atoms with Gasteiger partial charge in [-0.05, 0) is 44.1 Å². The van der Waals surface area contributed by atoms with E-state index < -0.39 is 11.5 Å². The molecule has 2 N–H and O–H groups in total. The molecule has 0 radical (unpaired) electrons. The standard InChI is InChI=1S/C11H17N3O2S2/c1-7(2)14-11(9(15)16,8-3-4-8)5-17-10-12-6-13-18-10/h6-8,14H,3-5H2,1-2H3,(H,15,16). The van der Waals surface area contributed by atoms with Crippen molar-refractivity contribution in [2.75, 3.05) is 5.75 Å². The summed E-state index contributed by atoms with van der Waals surface area (Å²) in [6.07, 6.45) is 3.48. The van der Waals surface area contributed by atoms with Crippen LogP contribution in [0.5, 0.6) is 0 Å². The Labute approximate surface area is 115 Å². The molecule has 0 spiro atoms. The van der Waals surface area contributed by atoms with Gasteiger partial charge in [0.25, 0.3) is 0 Å². The number of hydrogen-bond donors (Lipinski definition) is 2. The monoisotopic (exact) mass is 287 g/mol. The van der Waals surface area contributed by atoms with Crippen LogP contribution in [0.2, 0.25) is 0 Å². The lowest BCUT2D eigenvalue weighted by atomic mass is 9.94. The van der Waals surface area contributed by atoms with Crippen LogP contribution < -0.4 is 5.32 Å². The predicted octanol–water partition coefficient (Wildman–Crippen LogP) is 1.86. The van der Waals surface area contributed by atoms with Crippen molar-refractivity contribution in [3.05, 3.63) is 6.33 Å². The van der Waals surface area contributed by atoms with Crippen LogP contribution >= 0.6 is 23.3 Å². The van der Waals surface area contributed by atoms with Gasteiger partial charge in [-0.2, -0.15) is 4.37 Å². The summed E-state index contributed by atoms with van der Waals surface area (Å²) < 4.78 is 4.76. The molecule has 100 valence electrons. The van der Waals surface area contributed by atoms with Crippen LogP contribution in [0.15, 0.2) is 10.7 Å². The first-order valence-electron chi connectivity index (χ1n) is 5.95. The molecule has 1 fully saturated rings. The smallest absolute Gasteiger partial charge is 0.325 e. The molecule has 7 heteroatoms. The van der Waals surface area contributed by atoms with Crippen LogP contribution in [0.3, 0.4) is 0 Å². The zero-order chi connectivity index (χ0) is 13.2. The maximum absolute atomic E-state index is 11.7. The summed E-state index contributed by atoms with van der Waals surface area (Å²) in [6.45, 7) is 3.96. The van der Waals surface area contributed by atoms with Crippen molar-refractivity contribution in [1.82, 2.24) is 14.7 Å². The van der Waals surface area contributed by atoms with E-state index in [0.717, 1.165) is 17.2 Å². The molecule has 2 rings (SSSR count). The minimum Gasteiger partial charge on any atom is -0.480 e. The van der Waals surface area contributed by atoms with E-state index in [9.17, 15) is 9.90 Å². The minimum absolute atomic E-state index is 0.150. The van der Waals surface area contributed by atoms with Crippen molar-refractivity contribution < 1.29 is 9.90 Å². The first-order chi connectivity index (χ1) is 8.54. The fourth-order valence-electron chi connectivity index (χ4n) is 2.07. The van der Waals surface area contributed by atoms with Crippen LogP contribution in [0.25, 0.3) is 0 Å². The van der Waals surface area contributed by atoms with Gasteiger partial charge >= 0.3 is 5.97 Å². The second-order valence-electron chi connectivity index (χ2n) is 4.85. The van der Waals surface area contributed by atoms with Gasteiger partial charge in [0, 0.05) is 11.8 Å². The molecule has 1 aromatic rings. The Hall–Kier alpha value is -0.660. The second-order valence-corrected chi connectivity index (χ2v) is 6.85. The van der Waals surface area contributed by atoms with Gasteiger partial charge in [-0.15, -0.1) is 0 Å². The van der Waals surface area contributed by atoms with Crippen molar-refractivity contribution >= 4 is 29.3 Å². The van der Waals surface area contributed by atoms with E-state index in [1.165, 1.54) is 29.6 Å². The molecule has 1 aromatic heterocycles. The molecular weight excluding hydrogens is 270 g/mol. The third-order valence-electron chi connectivity index (χ3n) is 2.97. The first-order valence-corrected chi connectivity index (χ1v) is 7.71. The molecule has 0 aromatic carbocycles. The predicted molar refractivity (Wildman–Crippen MR) is 72.0 cm³/mol. The molecule has 0 amide bonds. The number of thioether (sulfide) groups is 1. The zero-order valence-corrected chi connectivity index (χ0v) is 12.1. The van der Waals surface area contributed by atoms with Crippen LogP contribution in [0.1, 0.15) is 26.7 Å². The van der Waals surface area contributed by atoms with Gasteiger partial charge < -0.3 is 5.11 Å². The number of carboxylic acid groups (broad SMARTS) is 1. The number of carbonyl (C=O) groups is 1. The molecular formula is C11H17N3O2S2. The number of aliphatic carboxylic acids is 1. The maximum Gasteiger partial charge on any atom is 0.325 e. The lowest BCUT2D eigenvalue weighted by molar-refractivity contribution is -0.145. The van der Waals surface area contributed by atoms with Crippen molar-refractivity contribution in [2.45, 2.75) is 42.6 Å². The molecule has 1 aliphatic carbocycles. The molecule has 0 bridgehead atoms. The summed E-state index contributed by atoms with van der Waals surface area (Å²) in [7, 11) is 0. The highest BCUT2D eigenvalue weighted by Gasteiger charge is 2.51. The lowest BCUT2D eigenvalue weighted by Crippen LogP contribution is -2.58. The van der Waals surface area contributed by atoms with Gasteiger partial charge in [0.1, 0.15) is 11.9 Å². The van der Waals surface area contributed by atoms with Gasteiger partial charge in [0.15, 0.2) is 4.34 Å². The SMILES string of the molecule is CC(C)NC(CSc1ncns1)(C(=O)O)C1CC1. The molecule has 0 aliphatic heterocycles. The molecule has 1 atom stereocenters. The van der Waals surface area contributed by atoms with Crippen molar-refractivity contribution in [3.8, 4) is 0 Å². The molecule has 5 nitrogen and oxygen atoms in total. The maximum atomic E-state index is 11.7. The number of hydrogen-bond acceptors (Lipinski definition) is 6. The summed E-state index contributed by atoms with van der Waals surface area (Å²) in [5.41, 5.74) is -0.829. The number of nitrogens with one attached hydrogen (secondary N) is 1. The fraction of sp³-hybridized carbons (Fsp3) is 0.727. The Morgan fingerprint density at radius 1 is 1.72 bits per heavy atom. The van der Waals surface area contributed by atoms with Crippen LogP contribution in [-0.2, 0) is 4.79 Å². The number of nitrogens with zero attached hydrogens (tertiary/aromatic N) is 2. The van der Waals surface area contributed by atoms with E-state index >= 15 is 0 Å². The third kappa shape index (κ3) is 3.02. The average Bonchev–Trinajstić information content (AvgIpc) is 3.01. The normalized spacial score (nSPS) is 18.8. The topological polar surface area (TPSA) is 75.1 Å². The Bertz CT molecular complexity index is 406. The third-order valence-corrected chi connectivity index (χ3v) is 4.96. The average molecular weight is 287 g/mol. The largest absolute Gasteiger partial charge is 0.480 e. The van der Waals surface area contributed by atoms with Gasteiger partial charge in [-0.3, -0.25) is 10.1 Å². The van der Waals surface area contributed by atoms with Crippen molar-refractivity contribution in [2.24, 2.45) is 5.92 Å². The summed E-state index contributed by atoms with van der Waals surface area (Å²) >= 11 is 2.78. The zero-order valence-electron chi connectivity index (χ0n) is 10.4. The van der Waals surface area contributed by atoms with Crippen LogP contribution in [0.4, 0.5) is 0 Å². The summed E-state index contributed by atoms with van der Waals surface area (Å²) in [4.78, 5) is 15.8. The highest BCUT2D eigenvalue weighted by Crippen LogP contribution is 2.43. The number of rotatable bonds is 7. The summed E-state index contributed by atoms with van der Waals surface area (Å²) in [5.74, 6) is -0.0195. The fourth-order valence-corrected chi connectivity index (χ4v) is 3.78. The molecule has 0 saturated heterocycles. The molecule has 1 heterocycles. The van der Waals surface area contributed by atoms with Crippen LogP contribution in [-0.4, -0.2) is 37.8 Å². The van der Waals surface area contributed by atoms with Crippen molar-refractivity contribution in [1.29, 1.82) is 0 Å². The Kier molecular flexibility index (Phi) is 4.24. The lowest BCUT2D eigenvalue weighted by Gasteiger charge is -2.32. The minimum atomic E-state index is -0.829. The Morgan fingerprint density at radius 2 is 2.44 bits per heavy atom. The molecule has 1 aliphatic rings. The number of aromatic nitrogens is 2. The van der Waals surface area contributed by atoms with E-state index in [1.807, 2.05) is 13.8 Å². The molecule has 18 heavy (non-hydrogen) atoms. The quantitative estimate of drug-likeness (QED) is 0.746. The van der Waals surface area contributed by atoms with Gasteiger partial charge in [-0.1, -0.05) is 11.8 Å². The van der Waals surface area contributed by atoms with Gasteiger partial charge in [0.05, 0.1) is 0 Å². The summed E-state index contributed by atoms with van der Waals surface area (Å²) in [5, 5.41) is 12.9. The second kappa shape index (κ2) is 5.54. The molecule has 1 saturated carbocycles. The Morgan fingerprint density at radius 3 is 2.89 bits per heavy atom. The Balaban J connectivity index is 2.10. The van der Waals surface area contributed by atoms with Gasteiger partial charge in [0.2, 0.25) is 0 Å². The van der Waals surface area contributed by atoms with Crippen LogP contribution in [0, 0.1) is 5.92 Å². The molecule has 1 unspecified atom stereocenters. The van der Waals surface area contributed by atoms with E-state index in [4.69, 9.17) is 0 Å². The van der Waals surface area contributed by atoms with E-state index in [0.29, 0.717) is 5.75 Å². The highest BCUT2D eigenvalue weighted by atomic mass is 32.2. The van der Waals surface area contributed by atoms with E-state index in [2.05, 4.69) is 14.7 Å². The number of carboxylic acids is 1. The van der Waals surface area contributed by atoms with E-state index in [1.54, 1.807) is 0 Å². The van der Waals surface area contributed by atoms with E-state index in [-0.39, 0.29) is 12.0 Å².